The summed E-state index contributed by atoms with van der Waals surface area (Å²) in [5, 5.41) is 3.22. The van der Waals surface area contributed by atoms with E-state index in [9.17, 15) is 0 Å². The summed E-state index contributed by atoms with van der Waals surface area (Å²) in [4.78, 5) is 4.59. The summed E-state index contributed by atoms with van der Waals surface area (Å²) in [6.45, 7) is 1.44. The van der Waals surface area contributed by atoms with E-state index in [-0.39, 0.29) is 0 Å². The number of anilines is 1. The van der Waals surface area contributed by atoms with Gasteiger partial charge in [0.25, 0.3) is 0 Å². The van der Waals surface area contributed by atoms with Crippen molar-refractivity contribution in [3.63, 3.8) is 0 Å². The summed E-state index contributed by atoms with van der Waals surface area (Å²) in [5.74, 6) is 1.66. The monoisotopic (exact) mass is 287 g/mol. The van der Waals surface area contributed by atoms with E-state index in [1.54, 1.807) is 12.3 Å². The third-order valence-corrected chi connectivity index (χ3v) is 2.92. The molecule has 0 radical (unpaired) electrons. The zero-order chi connectivity index (χ0) is 14.2. The number of aromatic nitrogens is 1. The predicted octanol–water partition coefficient (Wildman–Crippen LogP) is 2.60. The first-order valence-corrected chi connectivity index (χ1v) is 6.84. The topological polar surface area (TPSA) is 60.2 Å². The predicted molar refractivity (Wildman–Crippen MR) is 85.2 cm³/mol. The molecule has 1 heterocycles. The van der Waals surface area contributed by atoms with E-state index >= 15 is 0 Å². The zero-order valence-electron chi connectivity index (χ0n) is 11.1. The van der Waals surface area contributed by atoms with E-state index < -0.39 is 0 Å². The van der Waals surface area contributed by atoms with Crippen molar-refractivity contribution in [3.8, 4) is 5.75 Å². The first-order valence-electron chi connectivity index (χ1n) is 6.43. The van der Waals surface area contributed by atoms with Crippen molar-refractivity contribution in [1.82, 2.24) is 4.98 Å². The van der Waals surface area contributed by atoms with Gasteiger partial charge < -0.3 is 15.8 Å². The maximum Gasteiger partial charge on any atom is 0.126 e. The molecular weight excluding hydrogens is 270 g/mol. The van der Waals surface area contributed by atoms with Crippen LogP contribution in [-0.2, 0) is 0 Å². The lowest BCUT2D eigenvalue weighted by molar-refractivity contribution is 0.315. The van der Waals surface area contributed by atoms with Crippen LogP contribution in [0, 0.1) is 0 Å². The molecule has 20 heavy (non-hydrogen) atoms. The van der Waals surface area contributed by atoms with Crippen molar-refractivity contribution in [1.29, 1.82) is 0 Å². The van der Waals surface area contributed by atoms with Gasteiger partial charge in [0.05, 0.1) is 6.61 Å². The summed E-state index contributed by atoms with van der Waals surface area (Å²) in [6, 6.07) is 13.4. The second-order valence-corrected chi connectivity index (χ2v) is 4.68. The smallest absolute Gasteiger partial charge is 0.126 e. The molecule has 0 aliphatic heterocycles. The molecule has 0 saturated carbocycles. The molecular formula is C15H17N3OS. The average Bonchev–Trinajstić information content (AvgIpc) is 2.48. The molecule has 104 valence electrons. The van der Waals surface area contributed by atoms with E-state index in [2.05, 4.69) is 10.3 Å². The summed E-state index contributed by atoms with van der Waals surface area (Å²) < 4.78 is 5.60. The van der Waals surface area contributed by atoms with Crippen molar-refractivity contribution in [2.45, 2.75) is 6.42 Å². The molecule has 1 aromatic heterocycles. The third kappa shape index (κ3) is 4.51. The van der Waals surface area contributed by atoms with E-state index in [0.717, 1.165) is 30.1 Å². The van der Waals surface area contributed by atoms with Crippen molar-refractivity contribution >= 4 is 23.0 Å². The normalized spacial score (nSPS) is 10.0. The fourth-order valence-electron chi connectivity index (χ4n) is 1.68. The van der Waals surface area contributed by atoms with Crippen LogP contribution < -0.4 is 15.8 Å². The fraction of sp³-hybridized carbons (Fsp3) is 0.200. The molecule has 3 N–H and O–H groups in total. The Balaban J connectivity index is 1.71. The van der Waals surface area contributed by atoms with Gasteiger partial charge in [0.1, 0.15) is 16.6 Å². The SMILES string of the molecule is NC(=S)c1ccnc(NCCCOc2ccccc2)c1. The van der Waals surface area contributed by atoms with Crippen LogP contribution in [0.4, 0.5) is 5.82 Å². The number of thiocarbonyl (C=S) groups is 1. The molecule has 0 amide bonds. The molecule has 0 saturated heterocycles. The molecule has 0 unspecified atom stereocenters. The van der Waals surface area contributed by atoms with Crippen LogP contribution in [0.5, 0.6) is 5.75 Å². The van der Waals surface area contributed by atoms with Crippen LogP contribution in [0.3, 0.4) is 0 Å². The van der Waals surface area contributed by atoms with Gasteiger partial charge in [-0.1, -0.05) is 30.4 Å². The minimum Gasteiger partial charge on any atom is -0.494 e. The molecule has 2 rings (SSSR count). The first-order chi connectivity index (χ1) is 9.75. The van der Waals surface area contributed by atoms with Crippen molar-refractivity contribution in [2.24, 2.45) is 5.73 Å². The van der Waals surface area contributed by atoms with Crippen LogP contribution >= 0.6 is 12.2 Å². The number of nitrogens with zero attached hydrogens (tertiary/aromatic N) is 1. The number of hydrogen-bond acceptors (Lipinski definition) is 4. The van der Waals surface area contributed by atoms with Gasteiger partial charge in [-0.2, -0.15) is 0 Å². The molecule has 0 atom stereocenters. The number of para-hydroxylation sites is 1. The minimum absolute atomic E-state index is 0.378. The fourth-order valence-corrected chi connectivity index (χ4v) is 1.80. The van der Waals surface area contributed by atoms with Gasteiger partial charge in [-0.05, 0) is 30.7 Å². The lowest BCUT2D eigenvalue weighted by Crippen LogP contribution is -2.12. The number of ether oxygens (including phenoxy) is 1. The van der Waals surface area contributed by atoms with Crippen LogP contribution in [-0.4, -0.2) is 23.1 Å². The lowest BCUT2D eigenvalue weighted by Gasteiger charge is -2.08. The Kier molecular flexibility index (Phi) is 5.32. The average molecular weight is 287 g/mol. The van der Waals surface area contributed by atoms with Crippen molar-refractivity contribution in [3.05, 3.63) is 54.2 Å². The standard InChI is InChI=1S/C15H17N3OS/c16-15(20)12-7-9-18-14(11-12)17-8-4-10-19-13-5-2-1-3-6-13/h1-3,5-7,9,11H,4,8,10H2,(H2,16,20)(H,17,18). The van der Waals surface area contributed by atoms with Crippen LogP contribution in [0.15, 0.2) is 48.7 Å². The lowest BCUT2D eigenvalue weighted by atomic mass is 10.2. The van der Waals surface area contributed by atoms with Gasteiger partial charge in [0, 0.05) is 18.3 Å². The molecule has 0 bridgehead atoms. The highest BCUT2D eigenvalue weighted by molar-refractivity contribution is 7.80. The third-order valence-electron chi connectivity index (χ3n) is 2.68. The molecule has 2 aromatic rings. The van der Waals surface area contributed by atoms with Gasteiger partial charge in [-0.25, -0.2) is 4.98 Å². The highest BCUT2D eigenvalue weighted by Gasteiger charge is 1.99. The number of rotatable bonds is 7. The molecule has 0 aliphatic carbocycles. The van der Waals surface area contributed by atoms with Gasteiger partial charge in [-0.3, -0.25) is 0 Å². The van der Waals surface area contributed by atoms with E-state index in [1.165, 1.54) is 0 Å². The second-order valence-electron chi connectivity index (χ2n) is 4.24. The van der Waals surface area contributed by atoms with Gasteiger partial charge >= 0.3 is 0 Å². The Labute approximate surface area is 124 Å². The number of nitrogens with two attached hydrogens (primary N) is 1. The maximum absolute atomic E-state index is 5.60. The number of hydrogen-bond donors (Lipinski definition) is 2. The molecule has 0 fully saturated rings. The summed E-state index contributed by atoms with van der Waals surface area (Å²) in [7, 11) is 0. The molecule has 0 aliphatic rings. The van der Waals surface area contributed by atoms with E-state index in [1.807, 2.05) is 36.4 Å². The Hall–Kier alpha value is -2.14. The van der Waals surface area contributed by atoms with Crippen LogP contribution in [0.2, 0.25) is 0 Å². The molecule has 1 aromatic carbocycles. The summed E-state index contributed by atoms with van der Waals surface area (Å²) >= 11 is 4.93. The van der Waals surface area contributed by atoms with Gasteiger partial charge in [0.15, 0.2) is 0 Å². The van der Waals surface area contributed by atoms with Gasteiger partial charge in [0.2, 0.25) is 0 Å². The zero-order valence-corrected chi connectivity index (χ0v) is 11.9. The summed E-state index contributed by atoms with van der Waals surface area (Å²) in [6.07, 6.45) is 2.57. The van der Waals surface area contributed by atoms with E-state index in [0.29, 0.717) is 11.6 Å². The number of benzene rings is 1. The second kappa shape index (κ2) is 7.45. The molecule has 5 heteroatoms. The van der Waals surface area contributed by atoms with Crippen molar-refractivity contribution < 1.29 is 4.74 Å². The highest BCUT2D eigenvalue weighted by atomic mass is 32.1. The summed E-state index contributed by atoms with van der Waals surface area (Å²) in [5.41, 5.74) is 6.40. The Bertz CT molecular complexity index is 560. The maximum atomic E-state index is 5.60. The Morgan fingerprint density at radius 2 is 2.05 bits per heavy atom. The Morgan fingerprint density at radius 3 is 2.80 bits per heavy atom. The molecule has 4 nitrogen and oxygen atoms in total. The van der Waals surface area contributed by atoms with Crippen molar-refractivity contribution in [2.75, 3.05) is 18.5 Å². The van der Waals surface area contributed by atoms with E-state index in [4.69, 9.17) is 22.7 Å². The van der Waals surface area contributed by atoms with Crippen LogP contribution in [0.25, 0.3) is 0 Å². The van der Waals surface area contributed by atoms with Gasteiger partial charge in [-0.15, -0.1) is 0 Å². The first kappa shape index (κ1) is 14.3. The largest absolute Gasteiger partial charge is 0.494 e. The number of pyridine rings is 1. The Morgan fingerprint density at radius 1 is 1.25 bits per heavy atom. The number of nitrogens with one attached hydrogen (secondary N) is 1. The minimum atomic E-state index is 0.378. The van der Waals surface area contributed by atoms with Crippen LogP contribution in [0.1, 0.15) is 12.0 Å². The quantitative estimate of drug-likeness (QED) is 0.605. The molecule has 0 spiro atoms. The highest BCUT2D eigenvalue weighted by Crippen LogP contribution is 2.09.